The molecule has 8 nitrogen and oxygen atoms in total. The molecule has 0 aliphatic heterocycles. The molecule has 0 radical (unpaired) electrons. The predicted molar refractivity (Wildman–Crippen MR) is 126 cm³/mol. The Bertz CT molecular complexity index is 1340. The van der Waals surface area contributed by atoms with E-state index in [1.807, 2.05) is 0 Å². The summed E-state index contributed by atoms with van der Waals surface area (Å²) < 4.78 is 51.8. The van der Waals surface area contributed by atoms with Gasteiger partial charge in [0.1, 0.15) is 0 Å². The third-order valence-electron chi connectivity index (χ3n) is 4.53. The van der Waals surface area contributed by atoms with Crippen LogP contribution in [-0.4, -0.2) is 36.0 Å². The smallest absolute Gasteiger partial charge is 0.261 e. The van der Waals surface area contributed by atoms with Crippen LogP contribution in [0.1, 0.15) is 10.4 Å². The van der Waals surface area contributed by atoms with Gasteiger partial charge in [-0.1, -0.05) is 23.7 Å². The van der Waals surface area contributed by atoms with Gasteiger partial charge in [-0.2, -0.15) is 0 Å². The molecule has 0 heterocycles. The van der Waals surface area contributed by atoms with Crippen molar-refractivity contribution in [2.24, 2.45) is 0 Å². The summed E-state index contributed by atoms with van der Waals surface area (Å²) in [6.07, 6.45) is 1.08. The minimum atomic E-state index is -3.86. The van der Waals surface area contributed by atoms with Gasteiger partial charge in [-0.25, -0.2) is 16.8 Å². The van der Waals surface area contributed by atoms with E-state index in [1.165, 1.54) is 55.6 Å². The van der Waals surface area contributed by atoms with Gasteiger partial charge < -0.3 is 5.32 Å². The Kier molecular flexibility index (Phi) is 6.77. The molecule has 168 valence electrons. The molecule has 0 aliphatic carbocycles. The van der Waals surface area contributed by atoms with E-state index in [1.54, 1.807) is 24.3 Å². The zero-order valence-corrected chi connectivity index (χ0v) is 19.5. The van der Waals surface area contributed by atoms with Gasteiger partial charge in [0.15, 0.2) is 0 Å². The molecule has 3 aromatic rings. The Labute approximate surface area is 191 Å². The molecule has 0 bridgehead atoms. The van der Waals surface area contributed by atoms with Gasteiger partial charge in [0, 0.05) is 18.3 Å². The quantitative estimate of drug-likeness (QED) is 0.520. The number of amides is 1. The van der Waals surface area contributed by atoms with Crippen LogP contribution in [0.25, 0.3) is 0 Å². The molecule has 0 spiro atoms. The highest BCUT2D eigenvalue weighted by Gasteiger charge is 2.16. The molecule has 0 aliphatic rings. The lowest BCUT2D eigenvalue weighted by atomic mass is 10.2. The minimum Gasteiger partial charge on any atom is -0.322 e. The van der Waals surface area contributed by atoms with E-state index in [-0.39, 0.29) is 15.6 Å². The van der Waals surface area contributed by atoms with E-state index in [2.05, 4.69) is 10.0 Å². The van der Waals surface area contributed by atoms with Crippen molar-refractivity contribution in [3.8, 4) is 0 Å². The number of anilines is 3. The zero-order chi connectivity index (χ0) is 23.5. The number of carbonyl (C=O) groups excluding carboxylic acids is 1. The number of halogens is 1. The number of rotatable bonds is 7. The molecule has 11 heteroatoms. The third-order valence-corrected chi connectivity index (χ3v) is 7.45. The topological polar surface area (TPSA) is 113 Å². The summed E-state index contributed by atoms with van der Waals surface area (Å²) in [5.41, 5.74) is 1.39. The molecule has 0 saturated carbocycles. The third kappa shape index (κ3) is 5.58. The van der Waals surface area contributed by atoms with E-state index in [0.29, 0.717) is 16.9 Å². The van der Waals surface area contributed by atoms with Gasteiger partial charge in [0.2, 0.25) is 10.0 Å². The molecular formula is C21H20ClN3O5S2. The largest absolute Gasteiger partial charge is 0.322 e. The van der Waals surface area contributed by atoms with Gasteiger partial charge in [-0.05, 0) is 60.7 Å². The Hall–Kier alpha value is -3.08. The first-order chi connectivity index (χ1) is 15.0. The minimum absolute atomic E-state index is 0.00332. The standard InChI is InChI=1S/C21H20ClN3O5S2/c1-25(31(2,27)28)17-11-7-15(8-12-17)21(26)23-16-9-13-18(14-10-16)32(29,30)24-20-6-4-3-5-19(20)22/h3-14,24H,1-2H3,(H,23,26). The van der Waals surface area contributed by atoms with Crippen LogP contribution in [0.4, 0.5) is 17.1 Å². The fourth-order valence-electron chi connectivity index (χ4n) is 2.68. The van der Waals surface area contributed by atoms with Crippen LogP contribution < -0.4 is 14.3 Å². The van der Waals surface area contributed by atoms with Crippen molar-refractivity contribution in [2.45, 2.75) is 4.90 Å². The molecule has 2 N–H and O–H groups in total. The number of nitrogens with one attached hydrogen (secondary N) is 2. The summed E-state index contributed by atoms with van der Waals surface area (Å²) in [5.74, 6) is -0.427. The maximum Gasteiger partial charge on any atom is 0.261 e. The highest BCUT2D eigenvalue weighted by Crippen LogP contribution is 2.25. The highest BCUT2D eigenvalue weighted by atomic mass is 35.5. The number of nitrogens with zero attached hydrogens (tertiary/aromatic N) is 1. The number of sulfonamides is 2. The van der Waals surface area contributed by atoms with Crippen molar-refractivity contribution in [1.29, 1.82) is 0 Å². The SMILES string of the molecule is CN(c1ccc(C(=O)Nc2ccc(S(=O)(=O)Nc3ccccc3Cl)cc2)cc1)S(C)(=O)=O. The maximum atomic E-state index is 12.6. The summed E-state index contributed by atoms with van der Waals surface area (Å²) in [5, 5.41) is 2.94. The monoisotopic (exact) mass is 493 g/mol. The van der Waals surface area contributed by atoms with Gasteiger partial charge in [-0.15, -0.1) is 0 Å². The molecule has 3 aromatic carbocycles. The van der Waals surface area contributed by atoms with Crippen molar-refractivity contribution in [3.63, 3.8) is 0 Å². The van der Waals surface area contributed by atoms with Crippen molar-refractivity contribution in [3.05, 3.63) is 83.4 Å². The molecule has 0 unspecified atom stereocenters. The summed E-state index contributed by atoms with van der Waals surface area (Å²) in [7, 11) is -5.85. The molecule has 0 saturated heterocycles. The molecule has 1 amide bonds. The first kappa shape index (κ1) is 23.6. The average Bonchev–Trinajstić information content (AvgIpc) is 2.74. The summed E-state index contributed by atoms with van der Waals surface area (Å²) in [6, 6.07) is 18.2. The molecule has 3 rings (SSSR count). The Morgan fingerprint density at radius 2 is 1.47 bits per heavy atom. The van der Waals surface area contributed by atoms with E-state index in [4.69, 9.17) is 11.6 Å². The van der Waals surface area contributed by atoms with Gasteiger partial charge >= 0.3 is 0 Å². The summed E-state index contributed by atoms with van der Waals surface area (Å²) >= 11 is 6.00. The number of hydrogen-bond acceptors (Lipinski definition) is 5. The van der Waals surface area contributed by atoms with E-state index >= 15 is 0 Å². The normalized spacial score (nSPS) is 11.6. The van der Waals surface area contributed by atoms with Crippen molar-refractivity contribution in [2.75, 3.05) is 27.6 Å². The first-order valence-electron chi connectivity index (χ1n) is 9.20. The van der Waals surface area contributed by atoms with Gasteiger partial charge in [0.25, 0.3) is 15.9 Å². The van der Waals surface area contributed by atoms with Crippen molar-refractivity contribution >= 4 is 54.6 Å². The number of para-hydroxylation sites is 1. The molecule has 0 aromatic heterocycles. The maximum absolute atomic E-state index is 12.6. The molecule has 0 fully saturated rings. The average molecular weight is 494 g/mol. The second-order valence-electron chi connectivity index (χ2n) is 6.84. The van der Waals surface area contributed by atoms with E-state index < -0.39 is 26.0 Å². The van der Waals surface area contributed by atoms with Crippen LogP contribution in [0.3, 0.4) is 0 Å². The highest BCUT2D eigenvalue weighted by molar-refractivity contribution is 7.92. The fraction of sp³-hybridized carbons (Fsp3) is 0.0952. The molecule has 32 heavy (non-hydrogen) atoms. The van der Waals surface area contributed by atoms with Crippen molar-refractivity contribution < 1.29 is 21.6 Å². The lowest BCUT2D eigenvalue weighted by molar-refractivity contribution is 0.102. The molecule has 0 atom stereocenters. The van der Waals surface area contributed by atoms with Crippen LogP contribution in [-0.2, 0) is 20.0 Å². The Morgan fingerprint density at radius 1 is 0.875 bits per heavy atom. The fourth-order valence-corrected chi connectivity index (χ4v) is 4.51. The predicted octanol–water partition coefficient (Wildman–Crippen LogP) is 3.79. The number of carbonyl (C=O) groups is 1. The Morgan fingerprint density at radius 3 is 2.03 bits per heavy atom. The summed E-state index contributed by atoms with van der Waals surface area (Å²) in [4.78, 5) is 12.5. The van der Waals surface area contributed by atoms with Crippen molar-refractivity contribution in [1.82, 2.24) is 0 Å². The number of benzene rings is 3. The van der Waals surface area contributed by atoms with Gasteiger partial charge in [-0.3, -0.25) is 13.8 Å². The van der Waals surface area contributed by atoms with E-state index in [0.717, 1.165) is 10.6 Å². The van der Waals surface area contributed by atoms with Gasteiger partial charge in [0.05, 0.1) is 27.5 Å². The first-order valence-corrected chi connectivity index (χ1v) is 12.9. The van der Waals surface area contributed by atoms with Crippen LogP contribution in [0, 0.1) is 0 Å². The second-order valence-corrected chi connectivity index (χ2v) is 10.9. The Balaban J connectivity index is 1.70. The molecular weight excluding hydrogens is 474 g/mol. The lowest BCUT2D eigenvalue weighted by Crippen LogP contribution is -2.24. The number of hydrogen-bond donors (Lipinski definition) is 2. The van der Waals surface area contributed by atoms with Crippen LogP contribution in [0.2, 0.25) is 5.02 Å². The summed E-state index contributed by atoms with van der Waals surface area (Å²) in [6.45, 7) is 0. The van der Waals surface area contributed by atoms with Crippen LogP contribution in [0.15, 0.2) is 77.7 Å². The zero-order valence-electron chi connectivity index (χ0n) is 17.1. The van der Waals surface area contributed by atoms with Crippen LogP contribution >= 0.6 is 11.6 Å². The second kappa shape index (κ2) is 9.19. The van der Waals surface area contributed by atoms with Crippen LogP contribution in [0.5, 0.6) is 0 Å². The lowest BCUT2D eigenvalue weighted by Gasteiger charge is -2.16. The van der Waals surface area contributed by atoms with E-state index in [9.17, 15) is 21.6 Å².